The fourth-order valence-corrected chi connectivity index (χ4v) is 1.26. The molecule has 0 bridgehead atoms. The minimum Gasteiger partial charge on any atom is -0.467 e. The number of nitrogens with one attached hydrogen (secondary N) is 1. The van der Waals surface area contributed by atoms with Crippen LogP contribution in [-0.2, 0) is 9.53 Å². The molecule has 1 aromatic heterocycles. The number of hydrogen-bond acceptors (Lipinski definition) is 4. The van der Waals surface area contributed by atoms with Crippen LogP contribution < -0.4 is 5.32 Å². The van der Waals surface area contributed by atoms with Crippen molar-refractivity contribution in [3.8, 4) is 0 Å². The second-order valence-electron chi connectivity index (χ2n) is 4.26. The highest BCUT2D eigenvalue weighted by Crippen LogP contribution is 2.07. The number of nitrogens with zero attached hydrogens (tertiary/aromatic N) is 1. The monoisotopic (exact) mass is 236 g/mol. The maximum Gasteiger partial charge on any atom is 0.330 e. The van der Waals surface area contributed by atoms with E-state index in [1.807, 2.05) is 6.92 Å². The van der Waals surface area contributed by atoms with Crippen LogP contribution in [0.4, 0.5) is 0 Å². The van der Waals surface area contributed by atoms with E-state index in [-0.39, 0.29) is 5.91 Å². The highest BCUT2D eigenvalue weighted by Gasteiger charge is 2.30. The first-order valence-electron chi connectivity index (χ1n) is 5.20. The molecule has 1 heterocycles. The SMILES string of the molecule is COC(=O)C(C)(C)NC(=O)c1ccc(C)nc1. The van der Waals surface area contributed by atoms with E-state index in [2.05, 4.69) is 15.0 Å². The number of aryl methyl sites for hydroxylation is 1. The van der Waals surface area contributed by atoms with Gasteiger partial charge >= 0.3 is 5.97 Å². The lowest BCUT2D eigenvalue weighted by Crippen LogP contribution is -2.50. The first kappa shape index (κ1) is 13.2. The van der Waals surface area contributed by atoms with Gasteiger partial charge in [-0.2, -0.15) is 0 Å². The number of methoxy groups -OCH3 is 1. The summed E-state index contributed by atoms with van der Waals surface area (Å²) in [7, 11) is 1.28. The summed E-state index contributed by atoms with van der Waals surface area (Å²) in [6, 6.07) is 3.39. The molecule has 5 nitrogen and oxygen atoms in total. The molecule has 0 aliphatic rings. The van der Waals surface area contributed by atoms with Gasteiger partial charge in [0.05, 0.1) is 12.7 Å². The number of carbonyl (C=O) groups excluding carboxylic acids is 2. The van der Waals surface area contributed by atoms with Crippen molar-refractivity contribution in [1.29, 1.82) is 0 Å². The van der Waals surface area contributed by atoms with Crippen LogP contribution in [0.1, 0.15) is 29.9 Å². The summed E-state index contributed by atoms with van der Waals surface area (Å²) in [5.41, 5.74) is 0.179. The molecule has 0 saturated heterocycles. The zero-order valence-electron chi connectivity index (χ0n) is 10.4. The first-order valence-corrected chi connectivity index (χ1v) is 5.20. The van der Waals surface area contributed by atoms with Gasteiger partial charge in [-0.05, 0) is 32.9 Å². The van der Waals surface area contributed by atoms with Crippen LogP contribution >= 0.6 is 0 Å². The smallest absolute Gasteiger partial charge is 0.330 e. The quantitative estimate of drug-likeness (QED) is 0.797. The van der Waals surface area contributed by atoms with E-state index in [0.717, 1.165) is 5.69 Å². The van der Waals surface area contributed by atoms with Crippen molar-refractivity contribution in [3.05, 3.63) is 29.6 Å². The molecule has 5 heteroatoms. The molecule has 0 spiro atoms. The lowest BCUT2D eigenvalue weighted by Gasteiger charge is -2.22. The topological polar surface area (TPSA) is 68.3 Å². The number of rotatable bonds is 3. The Labute approximate surface area is 100 Å². The van der Waals surface area contributed by atoms with Gasteiger partial charge in [0.2, 0.25) is 0 Å². The summed E-state index contributed by atoms with van der Waals surface area (Å²) in [5, 5.41) is 2.59. The third kappa shape index (κ3) is 3.27. The van der Waals surface area contributed by atoms with Crippen LogP contribution in [0.5, 0.6) is 0 Å². The largest absolute Gasteiger partial charge is 0.467 e. The fourth-order valence-electron chi connectivity index (χ4n) is 1.26. The molecule has 0 atom stereocenters. The maximum atomic E-state index is 11.8. The van der Waals surface area contributed by atoms with Gasteiger partial charge in [-0.25, -0.2) is 4.79 Å². The molecule has 0 unspecified atom stereocenters. The van der Waals surface area contributed by atoms with Crippen LogP contribution in [0, 0.1) is 6.92 Å². The van der Waals surface area contributed by atoms with Crippen molar-refractivity contribution >= 4 is 11.9 Å². The minimum atomic E-state index is -1.06. The van der Waals surface area contributed by atoms with Gasteiger partial charge in [0.15, 0.2) is 0 Å². The van der Waals surface area contributed by atoms with Crippen LogP contribution in [0.25, 0.3) is 0 Å². The molecular weight excluding hydrogens is 220 g/mol. The maximum absolute atomic E-state index is 11.8. The molecule has 0 aliphatic carbocycles. The van der Waals surface area contributed by atoms with Crippen molar-refractivity contribution in [2.24, 2.45) is 0 Å². The Bertz CT molecular complexity index is 424. The number of hydrogen-bond donors (Lipinski definition) is 1. The second-order valence-corrected chi connectivity index (χ2v) is 4.26. The van der Waals surface area contributed by atoms with Crippen LogP contribution in [0.3, 0.4) is 0 Å². The number of aromatic nitrogens is 1. The van der Waals surface area contributed by atoms with E-state index in [4.69, 9.17) is 0 Å². The highest BCUT2D eigenvalue weighted by atomic mass is 16.5. The Morgan fingerprint density at radius 1 is 1.35 bits per heavy atom. The lowest BCUT2D eigenvalue weighted by molar-refractivity contribution is -0.146. The number of pyridine rings is 1. The highest BCUT2D eigenvalue weighted by molar-refractivity contribution is 5.97. The molecule has 0 saturated carbocycles. The van der Waals surface area contributed by atoms with E-state index in [1.165, 1.54) is 13.3 Å². The molecule has 1 aromatic rings. The zero-order chi connectivity index (χ0) is 13.1. The second kappa shape index (κ2) is 4.95. The van der Waals surface area contributed by atoms with E-state index in [9.17, 15) is 9.59 Å². The van der Waals surface area contributed by atoms with Crippen LogP contribution in [-0.4, -0.2) is 29.5 Å². The van der Waals surface area contributed by atoms with E-state index < -0.39 is 11.5 Å². The number of esters is 1. The van der Waals surface area contributed by atoms with Gasteiger partial charge in [0.25, 0.3) is 5.91 Å². The Kier molecular flexibility index (Phi) is 3.83. The molecule has 1 rings (SSSR count). The van der Waals surface area contributed by atoms with Crippen molar-refractivity contribution in [1.82, 2.24) is 10.3 Å². The van der Waals surface area contributed by atoms with Crippen molar-refractivity contribution in [3.63, 3.8) is 0 Å². The average molecular weight is 236 g/mol. The fraction of sp³-hybridized carbons (Fsp3) is 0.417. The lowest BCUT2D eigenvalue weighted by atomic mass is 10.1. The van der Waals surface area contributed by atoms with Gasteiger partial charge in [-0.15, -0.1) is 0 Å². The summed E-state index contributed by atoms with van der Waals surface area (Å²) < 4.78 is 4.60. The standard InChI is InChI=1S/C12H16N2O3/c1-8-5-6-9(7-13-8)10(15)14-12(2,3)11(16)17-4/h5-7H,1-4H3,(H,14,15). The van der Waals surface area contributed by atoms with Crippen LogP contribution in [0.2, 0.25) is 0 Å². The molecule has 0 radical (unpaired) electrons. The Balaban J connectivity index is 2.79. The number of amides is 1. The number of ether oxygens (including phenoxy) is 1. The average Bonchev–Trinajstić information content (AvgIpc) is 2.28. The van der Waals surface area contributed by atoms with Gasteiger partial charge in [0.1, 0.15) is 5.54 Å². The molecule has 92 valence electrons. The zero-order valence-corrected chi connectivity index (χ0v) is 10.4. The Hall–Kier alpha value is -1.91. The predicted molar refractivity (Wildman–Crippen MR) is 62.5 cm³/mol. The molecular formula is C12H16N2O3. The van der Waals surface area contributed by atoms with Crippen LogP contribution in [0.15, 0.2) is 18.3 Å². The van der Waals surface area contributed by atoms with Gasteiger partial charge in [-0.3, -0.25) is 9.78 Å². The Morgan fingerprint density at radius 2 is 2.00 bits per heavy atom. The minimum absolute atomic E-state index is 0.354. The summed E-state index contributed by atoms with van der Waals surface area (Å²) >= 11 is 0. The van der Waals surface area contributed by atoms with Crippen molar-refractivity contribution in [2.75, 3.05) is 7.11 Å². The van der Waals surface area contributed by atoms with Gasteiger partial charge in [0, 0.05) is 11.9 Å². The molecule has 1 N–H and O–H groups in total. The summed E-state index contributed by atoms with van der Waals surface area (Å²) in [4.78, 5) is 27.3. The van der Waals surface area contributed by atoms with Crippen molar-refractivity contribution < 1.29 is 14.3 Å². The molecule has 0 aromatic carbocycles. The van der Waals surface area contributed by atoms with Gasteiger partial charge in [-0.1, -0.05) is 0 Å². The normalized spacial score (nSPS) is 10.8. The summed E-state index contributed by atoms with van der Waals surface area (Å²) in [6.45, 7) is 5.00. The predicted octanol–water partition coefficient (Wildman–Crippen LogP) is 1.07. The third-order valence-corrected chi connectivity index (χ3v) is 2.30. The van der Waals surface area contributed by atoms with E-state index >= 15 is 0 Å². The summed E-state index contributed by atoms with van der Waals surface area (Å²) in [6.07, 6.45) is 1.47. The molecule has 0 aliphatic heterocycles. The Morgan fingerprint density at radius 3 is 2.47 bits per heavy atom. The number of carbonyl (C=O) groups is 2. The van der Waals surface area contributed by atoms with Crippen molar-refractivity contribution in [2.45, 2.75) is 26.3 Å². The van der Waals surface area contributed by atoms with Gasteiger partial charge < -0.3 is 10.1 Å². The van der Waals surface area contributed by atoms with E-state index in [0.29, 0.717) is 5.56 Å². The van der Waals surface area contributed by atoms with E-state index in [1.54, 1.807) is 26.0 Å². The molecule has 1 amide bonds. The third-order valence-electron chi connectivity index (χ3n) is 2.30. The first-order chi connectivity index (χ1) is 7.86. The molecule has 0 fully saturated rings. The summed E-state index contributed by atoms with van der Waals surface area (Å²) in [5.74, 6) is -0.848. The molecule has 17 heavy (non-hydrogen) atoms.